The number of carbonyl (C=O) groups excluding carboxylic acids is 2. The molecule has 166 valence electrons. The zero-order valence-corrected chi connectivity index (χ0v) is 17.5. The summed E-state index contributed by atoms with van der Waals surface area (Å²) < 4.78 is 73.5. The minimum atomic E-state index is -4.95. The largest absolute Gasteiger partial charge is 0.467 e. The van der Waals surface area contributed by atoms with Crippen LogP contribution < -0.4 is 9.50 Å². The first-order valence-electron chi connectivity index (χ1n) is 7.78. The normalized spacial score (nSPS) is 12.9. The number of ether oxygens (including phenoxy) is 2. The number of rotatable bonds is 6. The molecule has 1 rings (SSSR count). The summed E-state index contributed by atoms with van der Waals surface area (Å²) >= 11 is 0. The van der Waals surface area contributed by atoms with Gasteiger partial charge in [-0.05, 0) is 38.5 Å². The molecular weight excluding hydrogens is 443 g/mol. The molecule has 1 amide bonds. The molecule has 29 heavy (non-hydrogen) atoms. The molecule has 0 aromatic heterocycles. The van der Waals surface area contributed by atoms with Crippen molar-refractivity contribution in [1.29, 1.82) is 0 Å². The number of amides is 1. The van der Waals surface area contributed by atoms with E-state index >= 15 is 0 Å². The van der Waals surface area contributed by atoms with Crippen molar-refractivity contribution < 1.29 is 44.8 Å². The molecule has 0 fully saturated rings. The van der Waals surface area contributed by atoms with E-state index in [-0.39, 0.29) is 18.0 Å². The van der Waals surface area contributed by atoms with Crippen LogP contribution in [0.5, 0.6) is 5.75 Å². The topological polar surface area (TPSA) is 108 Å². The van der Waals surface area contributed by atoms with Gasteiger partial charge in [-0.15, -0.1) is 12.4 Å². The van der Waals surface area contributed by atoms with E-state index in [1.165, 1.54) is 12.1 Å². The van der Waals surface area contributed by atoms with E-state index < -0.39 is 51.5 Å². The lowest BCUT2D eigenvalue weighted by atomic mass is 10.1. The van der Waals surface area contributed by atoms with Gasteiger partial charge in [0.25, 0.3) is 0 Å². The summed E-state index contributed by atoms with van der Waals surface area (Å²) in [6.07, 6.45) is -5.86. The van der Waals surface area contributed by atoms with Crippen molar-refractivity contribution in [2.24, 2.45) is 0 Å². The maximum atomic E-state index is 12.2. The first kappa shape index (κ1) is 26.8. The number of alkyl halides is 3. The van der Waals surface area contributed by atoms with Gasteiger partial charge in [-0.1, -0.05) is 12.1 Å². The Bertz CT molecular complexity index is 805. The fourth-order valence-electron chi connectivity index (χ4n) is 1.91. The third-order valence-electron chi connectivity index (χ3n) is 2.88. The number of hydrogen-bond donors (Lipinski definition) is 1. The van der Waals surface area contributed by atoms with Crippen LogP contribution in [0.3, 0.4) is 0 Å². The molecule has 1 atom stereocenters. The first-order chi connectivity index (χ1) is 12.6. The maximum Gasteiger partial charge on any atom is 0.408 e. The molecule has 0 spiro atoms. The molecule has 0 unspecified atom stereocenters. The third kappa shape index (κ3) is 10.2. The second-order valence-corrected chi connectivity index (χ2v) is 8.14. The van der Waals surface area contributed by atoms with E-state index in [1.54, 1.807) is 20.8 Å². The van der Waals surface area contributed by atoms with Gasteiger partial charge in [-0.2, -0.15) is 21.6 Å². The van der Waals surface area contributed by atoms with Crippen molar-refractivity contribution in [1.82, 2.24) is 5.32 Å². The number of nitrogens with one attached hydrogen (secondary N) is 1. The van der Waals surface area contributed by atoms with E-state index in [2.05, 4.69) is 14.2 Å². The predicted molar refractivity (Wildman–Crippen MR) is 98.3 cm³/mol. The summed E-state index contributed by atoms with van der Waals surface area (Å²) in [5, 5.41) is 2.30. The molecule has 0 aliphatic rings. The molecule has 0 saturated carbocycles. The lowest BCUT2D eigenvalue weighted by Gasteiger charge is -2.22. The molecule has 0 bridgehead atoms. The van der Waals surface area contributed by atoms with Gasteiger partial charge in [0.2, 0.25) is 0 Å². The standard InChI is InChI=1S/C16H20F3NO7S.ClH/c1-15(2,3)26-14(22)20-12(13(21)25-4)10-5-7-11(8-6-10)27-28(23,24)9-16(17,18)19;/h5-8,12H,9H2,1-4H3,(H,20,22);1H/t12-;/m1./s1. The molecule has 8 nitrogen and oxygen atoms in total. The molecule has 1 N–H and O–H groups in total. The molecule has 0 aliphatic carbocycles. The number of benzene rings is 1. The number of hydrogen-bond acceptors (Lipinski definition) is 7. The highest BCUT2D eigenvalue weighted by atomic mass is 35.5. The average Bonchev–Trinajstić information content (AvgIpc) is 2.48. The Hall–Kier alpha value is -2.21. The van der Waals surface area contributed by atoms with Gasteiger partial charge in [0.1, 0.15) is 11.4 Å². The molecule has 13 heteroatoms. The number of carbonyl (C=O) groups is 2. The van der Waals surface area contributed by atoms with Crippen LogP contribution in [-0.2, 0) is 24.4 Å². The quantitative estimate of drug-likeness (QED) is 0.510. The van der Waals surface area contributed by atoms with Gasteiger partial charge < -0.3 is 19.0 Å². The van der Waals surface area contributed by atoms with Crippen LogP contribution in [0.15, 0.2) is 24.3 Å². The SMILES string of the molecule is COC(=O)[C@H](NC(=O)OC(C)(C)C)c1ccc(OS(=O)(=O)CC(F)(F)F)cc1.Cl. The molecule has 0 aliphatic heterocycles. The Morgan fingerprint density at radius 3 is 2.03 bits per heavy atom. The highest BCUT2D eigenvalue weighted by Crippen LogP contribution is 2.23. The zero-order chi connectivity index (χ0) is 21.8. The van der Waals surface area contributed by atoms with Crippen molar-refractivity contribution in [2.75, 3.05) is 12.9 Å². The van der Waals surface area contributed by atoms with Gasteiger partial charge >= 0.3 is 28.4 Å². The van der Waals surface area contributed by atoms with Gasteiger partial charge in [-0.3, -0.25) is 0 Å². The Balaban J connectivity index is 0.00000784. The van der Waals surface area contributed by atoms with E-state index in [9.17, 15) is 31.2 Å². The second kappa shape index (κ2) is 10.0. The average molecular weight is 464 g/mol. The number of halogens is 4. The summed E-state index contributed by atoms with van der Waals surface area (Å²) in [5.74, 6) is -3.38. The van der Waals surface area contributed by atoms with Crippen LogP contribution in [0.25, 0.3) is 0 Å². The van der Waals surface area contributed by atoms with Crippen LogP contribution in [0.1, 0.15) is 32.4 Å². The third-order valence-corrected chi connectivity index (χ3v) is 4.00. The zero-order valence-electron chi connectivity index (χ0n) is 15.9. The predicted octanol–water partition coefficient (Wildman–Crippen LogP) is 3.12. The van der Waals surface area contributed by atoms with Crippen LogP contribution in [0.2, 0.25) is 0 Å². The number of alkyl carbamates (subject to hydrolysis) is 1. The lowest BCUT2D eigenvalue weighted by molar-refractivity contribution is -0.143. The van der Waals surface area contributed by atoms with Crippen molar-refractivity contribution in [2.45, 2.75) is 38.6 Å². The fraction of sp³-hybridized carbons (Fsp3) is 0.500. The van der Waals surface area contributed by atoms with Crippen molar-refractivity contribution in [3.05, 3.63) is 29.8 Å². The van der Waals surface area contributed by atoms with Crippen LogP contribution >= 0.6 is 12.4 Å². The van der Waals surface area contributed by atoms with Gasteiger partial charge in [0.05, 0.1) is 7.11 Å². The molecule has 0 saturated heterocycles. The summed E-state index contributed by atoms with van der Waals surface area (Å²) in [4.78, 5) is 23.8. The van der Waals surface area contributed by atoms with E-state index in [1.807, 2.05) is 0 Å². The van der Waals surface area contributed by atoms with Crippen molar-refractivity contribution in [3.63, 3.8) is 0 Å². The lowest BCUT2D eigenvalue weighted by Crippen LogP contribution is -2.38. The summed E-state index contributed by atoms with van der Waals surface area (Å²) in [7, 11) is -3.80. The molecule has 1 aromatic rings. The van der Waals surface area contributed by atoms with Gasteiger partial charge in [-0.25, -0.2) is 9.59 Å². The fourth-order valence-corrected chi connectivity index (χ4v) is 2.78. The Morgan fingerprint density at radius 2 is 1.62 bits per heavy atom. The molecule has 1 aromatic carbocycles. The first-order valence-corrected chi connectivity index (χ1v) is 9.36. The number of esters is 1. The monoisotopic (exact) mass is 463 g/mol. The number of methoxy groups -OCH3 is 1. The molecular formula is C16H21ClF3NO7S. The minimum absolute atomic E-state index is 0. The highest BCUT2D eigenvalue weighted by Gasteiger charge is 2.36. The summed E-state index contributed by atoms with van der Waals surface area (Å²) in [5.41, 5.74) is -0.659. The maximum absolute atomic E-state index is 12.2. The Labute approximate surface area is 172 Å². The summed E-state index contributed by atoms with van der Waals surface area (Å²) in [6, 6.07) is 3.17. The molecule has 0 radical (unpaired) electrons. The van der Waals surface area contributed by atoms with Gasteiger partial charge in [0.15, 0.2) is 11.8 Å². The summed E-state index contributed by atoms with van der Waals surface area (Å²) in [6.45, 7) is 4.85. The highest BCUT2D eigenvalue weighted by molar-refractivity contribution is 7.87. The van der Waals surface area contributed by atoms with E-state index in [0.29, 0.717) is 0 Å². The van der Waals surface area contributed by atoms with E-state index in [4.69, 9.17) is 4.74 Å². The van der Waals surface area contributed by atoms with E-state index in [0.717, 1.165) is 19.2 Å². The second-order valence-electron chi connectivity index (χ2n) is 6.57. The van der Waals surface area contributed by atoms with Crippen molar-refractivity contribution in [3.8, 4) is 5.75 Å². The van der Waals surface area contributed by atoms with Gasteiger partial charge in [0, 0.05) is 0 Å². The Morgan fingerprint density at radius 1 is 1.10 bits per heavy atom. The van der Waals surface area contributed by atoms with Crippen LogP contribution in [0.4, 0.5) is 18.0 Å². The Kier molecular flexibility index (Phi) is 9.25. The molecule has 0 heterocycles. The van der Waals surface area contributed by atoms with Crippen molar-refractivity contribution >= 4 is 34.6 Å². The van der Waals surface area contributed by atoms with Crippen LogP contribution in [0, 0.1) is 0 Å². The van der Waals surface area contributed by atoms with Crippen LogP contribution in [-0.4, -0.2) is 45.1 Å². The smallest absolute Gasteiger partial charge is 0.408 e. The minimum Gasteiger partial charge on any atom is -0.467 e.